The number of hydrogen-bond acceptors (Lipinski definition) is 3. The number of aryl methyl sites for hydroxylation is 1. The van der Waals surface area contributed by atoms with Gasteiger partial charge in [-0.3, -0.25) is 4.90 Å². The average Bonchev–Trinajstić information content (AvgIpc) is 2.59. The summed E-state index contributed by atoms with van der Waals surface area (Å²) in [6, 6.07) is 9.51. The van der Waals surface area contributed by atoms with Crippen LogP contribution >= 0.6 is 0 Å². The molecule has 1 aromatic rings. The Hall–Kier alpha value is -0.900. The summed E-state index contributed by atoms with van der Waals surface area (Å²) in [6.07, 6.45) is 6.72. The smallest absolute Gasteiger partial charge is 0.0594 e. The summed E-state index contributed by atoms with van der Waals surface area (Å²) in [5, 5.41) is 3.69. The van der Waals surface area contributed by atoms with Crippen LogP contribution in [0.5, 0.6) is 0 Å². The van der Waals surface area contributed by atoms with Crippen LogP contribution in [0.3, 0.4) is 0 Å². The standard InChI is InChI=1S/C20H34N2O/c1-3-4-5-6-7-12-21-17-20(22-13-15-23-16-14-22)19-10-8-18(2)9-11-19/h8-11,20-21H,3-7,12-17H2,1-2H3. The van der Waals surface area contributed by atoms with Crippen LogP contribution in [0, 0.1) is 6.92 Å². The van der Waals surface area contributed by atoms with Gasteiger partial charge in [0, 0.05) is 25.7 Å². The highest BCUT2D eigenvalue weighted by molar-refractivity contribution is 5.24. The molecule has 1 unspecified atom stereocenters. The maximum absolute atomic E-state index is 5.52. The number of rotatable bonds is 10. The van der Waals surface area contributed by atoms with Crippen molar-refractivity contribution in [2.24, 2.45) is 0 Å². The summed E-state index contributed by atoms with van der Waals surface area (Å²) in [6.45, 7) is 10.4. The van der Waals surface area contributed by atoms with Gasteiger partial charge in [-0.2, -0.15) is 0 Å². The Morgan fingerprint density at radius 2 is 1.74 bits per heavy atom. The molecule has 0 saturated carbocycles. The van der Waals surface area contributed by atoms with E-state index in [1.54, 1.807) is 0 Å². The average molecular weight is 319 g/mol. The summed E-state index contributed by atoms with van der Waals surface area (Å²) < 4.78 is 5.52. The van der Waals surface area contributed by atoms with Gasteiger partial charge in [-0.05, 0) is 25.5 Å². The first kappa shape index (κ1) is 18.4. The predicted octanol–water partition coefficient (Wildman–Crippen LogP) is 3.93. The van der Waals surface area contributed by atoms with Crippen molar-refractivity contribution in [3.8, 4) is 0 Å². The Kier molecular flexibility index (Phi) is 8.66. The minimum absolute atomic E-state index is 0.468. The fourth-order valence-corrected chi connectivity index (χ4v) is 3.23. The molecule has 1 N–H and O–H groups in total. The van der Waals surface area contributed by atoms with Crippen LogP contribution in [0.25, 0.3) is 0 Å². The largest absolute Gasteiger partial charge is 0.379 e. The first-order valence-corrected chi connectivity index (χ1v) is 9.40. The molecule has 2 rings (SSSR count). The highest BCUT2D eigenvalue weighted by atomic mass is 16.5. The van der Waals surface area contributed by atoms with Crippen molar-refractivity contribution < 1.29 is 4.74 Å². The quantitative estimate of drug-likeness (QED) is 0.662. The van der Waals surface area contributed by atoms with Crippen LogP contribution in [0.1, 0.15) is 56.2 Å². The van der Waals surface area contributed by atoms with E-state index >= 15 is 0 Å². The van der Waals surface area contributed by atoms with Gasteiger partial charge in [-0.1, -0.05) is 62.4 Å². The summed E-state index contributed by atoms with van der Waals surface area (Å²) in [4.78, 5) is 2.57. The second kappa shape index (κ2) is 10.8. The zero-order valence-electron chi connectivity index (χ0n) is 15.0. The summed E-state index contributed by atoms with van der Waals surface area (Å²) in [7, 11) is 0. The van der Waals surface area contributed by atoms with E-state index in [4.69, 9.17) is 4.74 Å². The molecule has 0 bridgehead atoms. The molecule has 1 aromatic carbocycles. The fourth-order valence-electron chi connectivity index (χ4n) is 3.23. The highest BCUT2D eigenvalue weighted by Gasteiger charge is 2.22. The molecule has 1 heterocycles. The normalized spacial score (nSPS) is 17.3. The number of benzene rings is 1. The number of ether oxygens (including phenoxy) is 1. The summed E-state index contributed by atoms with van der Waals surface area (Å²) in [5.41, 5.74) is 2.76. The molecular formula is C20H34N2O. The van der Waals surface area contributed by atoms with Gasteiger partial charge in [0.15, 0.2) is 0 Å². The second-order valence-electron chi connectivity index (χ2n) is 6.69. The van der Waals surface area contributed by atoms with Gasteiger partial charge in [0.25, 0.3) is 0 Å². The Labute approximate surface area is 142 Å². The van der Waals surface area contributed by atoms with E-state index in [1.807, 2.05) is 0 Å². The lowest BCUT2D eigenvalue weighted by atomic mass is 10.0. The number of morpholine rings is 1. The van der Waals surface area contributed by atoms with E-state index in [1.165, 1.54) is 43.2 Å². The van der Waals surface area contributed by atoms with Crippen molar-refractivity contribution in [3.05, 3.63) is 35.4 Å². The van der Waals surface area contributed by atoms with E-state index in [0.717, 1.165) is 39.4 Å². The molecule has 130 valence electrons. The van der Waals surface area contributed by atoms with Gasteiger partial charge in [0.1, 0.15) is 0 Å². The van der Waals surface area contributed by atoms with Crippen LogP contribution < -0.4 is 5.32 Å². The molecule has 3 nitrogen and oxygen atoms in total. The number of nitrogens with zero attached hydrogens (tertiary/aromatic N) is 1. The number of hydrogen-bond donors (Lipinski definition) is 1. The van der Waals surface area contributed by atoms with Crippen molar-refractivity contribution in [2.45, 2.75) is 52.0 Å². The topological polar surface area (TPSA) is 24.5 Å². The maximum atomic E-state index is 5.52. The van der Waals surface area contributed by atoms with Crippen LogP contribution in [0.4, 0.5) is 0 Å². The molecule has 0 radical (unpaired) electrons. The van der Waals surface area contributed by atoms with Crippen molar-refractivity contribution in [3.63, 3.8) is 0 Å². The SMILES string of the molecule is CCCCCCCNCC(c1ccc(C)cc1)N1CCOCC1. The summed E-state index contributed by atoms with van der Waals surface area (Å²) in [5.74, 6) is 0. The zero-order valence-corrected chi connectivity index (χ0v) is 15.0. The van der Waals surface area contributed by atoms with Gasteiger partial charge in [-0.25, -0.2) is 0 Å². The Balaban J connectivity index is 1.82. The van der Waals surface area contributed by atoms with Gasteiger partial charge >= 0.3 is 0 Å². The third-order valence-corrected chi connectivity index (χ3v) is 4.74. The van der Waals surface area contributed by atoms with Gasteiger partial charge < -0.3 is 10.1 Å². The molecule has 3 heteroatoms. The fraction of sp³-hybridized carbons (Fsp3) is 0.700. The lowest BCUT2D eigenvalue weighted by Crippen LogP contribution is -2.43. The lowest BCUT2D eigenvalue weighted by molar-refractivity contribution is 0.0162. The third-order valence-electron chi connectivity index (χ3n) is 4.74. The predicted molar refractivity (Wildman–Crippen MR) is 97.9 cm³/mol. The molecule has 1 atom stereocenters. The van der Waals surface area contributed by atoms with Crippen molar-refractivity contribution >= 4 is 0 Å². The second-order valence-corrected chi connectivity index (χ2v) is 6.69. The first-order valence-electron chi connectivity index (χ1n) is 9.40. The first-order chi connectivity index (χ1) is 11.3. The summed E-state index contributed by atoms with van der Waals surface area (Å²) >= 11 is 0. The lowest BCUT2D eigenvalue weighted by Gasteiger charge is -2.35. The number of unbranched alkanes of at least 4 members (excludes halogenated alkanes) is 4. The molecule has 23 heavy (non-hydrogen) atoms. The Morgan fingerprint density at radius 1 is 1.04 bits per heavy atom. The van der Waals surface area contributed by atoms with Crippen molar-refractivity contribution in [2.75, 3.05) is 39.4 Å². The van der Waals surface area contributed by atoms with Gasteiger partial charge in [-0.15, -0.1) is 0 Å². The molecule has 1 fully saturated rings. The van der Waals surface area contributed by atoms with Crippen molar-refractivity contribution in [1.29, 1.82) is 0 Å². The van der Waals surface area contributed by atoms with Crippen molar-refractivity contribution in [1.82, 2.24) is 10.2 Å². The van der Waals surface area contributed by atoms with E-state index in [0.29, 0.717) is 6.04 Å². The molecule has 1 saturated heterocycles. The van der Waals surface area contributed by atoms with E-state index in [-0.39, 0.29) is 0 Å². The third kappa shape index (κ3) is 6.62. The molecule has 1 aliphatic rings. The maximum Gasteiger partial charge on any atom is 0.0594 e. The van der Waals surface area contributed by atoms with Crippen LogP contribution in [0.2, 0.25) is 0 Å². The van der Waals surface area contributed by atoms with Gasteiger partial charge in [0.05, 0.1) is 13.2 Å². The van der Waals surface area contributed by atoms with E-state index in [2.05, 4.69) is 48.3 Å². The van der Waals surface area contributed by atoms with E-state index < -0.39 is 0 Å². The monoisotopic (exact) mass is 318 g/mol. The van der Waals surface area contributed by atoms with Crippen LogP contribution in [0.15, 0.2) is 24.3 Å². The molecule has 0 aliphatic carbocycles. The highest BCUT2D eigenvalue weighted by Crippen LogP contribution is 2.21. The van der Waals surface area contributed by atoms with Crippen LogP contribution in [-0.4, -0.2) is 44.3 Å². The molecule has 1 aliphatic heterocycles. The van der Waals surface area contributed by atoms with E-state index in [9.17, 15) is 0 Å². The molecule has 0 spiro atoms. The molecule has 0 amide bonds. The zero-order chi connectivity index (χ0) is 16.3. The van der Waals surface area contributed by atoms with Crippen LogP contribution in [-0.2, 0) is 4.74 Å². The number of nitrogens with one attached hydrogen (secondary N) is 1. The van der Waals surface area contributed by atoms with Gasteiger partial charge in [0.2, 0.25) is 0 Å². The Bertz CT molecular complexity index is 412. The molecule has 0 aromatic heterocycles. The Morgan fingerprint density at radius 3 is 2.43 bits per heavy atom. The minimum atomic E-state index is 0.468. The molecular weight excluding hydrogens is 284 g/mol. The minimum Gasteiger partial charge on any atom is -0.379 e.